The molecule has 26 heavy (non-hydrogen) atoms. The van der Waals surface area contributed by atoms with Crippen molar-refractivity contribution in [2.24, 2.45) is 16.7 Å². The van der Waals surface area contributed by atoms with Crippen LogP contribution in [0.5, 0.6) is 0 Å². The van der Waals surface area contributed by atoms with Gasteiger partial charge in [-0.05, 0) is 31.1 Å². The molecule has 0 aromatic heterocycles. The maximum absolute atomic E-state index is 13.1. The molecule has 2 bridgehead atoms. The summed E-state index contributed by atoms with van der Waals surface area (Å²) in [4.78, 5) is 26.3. The maximum atomic E-state index is 13.1. The van der Waals surface area contributed by atoms with E-state index >= 15 is 0 Å². The molecule has 3 aliphatic rings. The van der Waals surface area contributed by atoms with Gasteiger partial charge < -0.3 is 5.32 Å². The van der Waals surface area contributed by atoms with Crippen LogP contribution in [0.3, 0.4) is 0 Å². The Morgan fingerprint density at radius 1 is 1.23 bits per heavy atom. The lowest BCUT2D eigenvalue weighted by atomic mass is 9.70. The van der Waals surface area contributed by atoms with E-state index in [1.807, 2.05) is 11.8 Å². The summed E-state index contributed by atoms with van der Waals surface area (Å²) in [6.45, 7) is 8.77. The first-order valence-electron chi connectivity index (χ1n) is 9.62. The van der Waals surface area contributed by atoms with Gasteiger partial charge in [0.1, 0.15) is 5.78 Å². The second-order valence-electron chi connectivity index (χ2n) is 8.55. The van der Waals surface area contributed by atoms with E-state index in [1.165, 1.54) is 4.31 Å². The van der Waals surface area contributed by atoms with Gasteiger partial charge in [0.2, 0.25) is 15.9 Å². The number of carbonyl (C=O) groups is 2. The summed E-state index contributed by atoms with van der Waals surface area (Å²) in [5, 5.41) is 2.76. The molecule has 2 atom stereocenters. The molecule has 0 aromatic rings. The van der Waals surface area contributed by atoms with E-state index in [0.29, 0.717) is 58.0 Å². The third-order valence-electron chi connectivity index (χ3n) is 7.03. The van der Waals surface area contributed by atoms with Crippen LogP contribution in [0.25, 0.3) is 0 Å². The summed E-state index contributed by atoms with van der Waals surface area (Å²) in [6.07, 6.45) is 2.18. The van der Waals surface area contributed by atoms with Gasteiger partial charge in [-0.25, -0.2) is 8.42 Å². The van der Waals surface area contributed by atoms with E-state index < -0.39 is 15.4 Å². The molecule has 0 unspecified atom stereocenters. The van der Waals surface area contributed by atoms with Crippen molar-refractivity contribution in [3.8, 4) is 0 Å². The number of nitrogens with one attached hydrogen (secondary N) is 1. The Bertz CT molecular complexity index is 683. The zero-order chi connectivity index (χ0) is 19.2. The Hall–Kier alpha value is -0.990. The minimum Gasteiger partial charge on any atom is -0.355 e. The van der Waals surface area contributed by atoms with Gasteiger partial charge in [0.25, 0.3) is 0 Å². The number of nitrogens with zero attached hydrogens (tertiary/aromatic N) is 2. The number of fused-ring (bicyclic) bond motifs is 2. The molecule has 7 nitrogen and oxygen atoms in total. The monoisotopic (exact) mass is 385 g/mol. The number of amides is 1. The van der Waals surface area contributed by atoms with Gasteiger partial charge in [-0.2, -0.15) is 4.31 Å². The van der Waals surface area contributed by atoms with Crippen LogP contribution in [0.4, 0.5) is 0 Å². The highest BCUT2D eigenvalue weighted by Crippen LogP contribution is 2.64. The number of ketones is 1. The minimum atomic E-state index is -3.49. The van der Waals surface area contributed by atoms with E-state index in [9.17, 15) is 18.0 Å². The Morgan fingerprint density at radius 3 is 2.38 bits per heavy atom. The summed E-state index contributed by atoms with van der Waals surface area (Å²) in [5.41, 5.74) is -0.953. The molecule has 1 N–H and O–H groups in total. The number of sulfonamides is 1. The first-order chi connectivity index (χ1) is 12.1. The minimum absolute atomic E-state index is 0.0296. The molecule has 1 aliphatic heterocycles. The van der Waals surface area contributed by atoms with Crippen LogP contribution in [-0.4, -0.2) is 74.3 Å². The fourth-order valence-electron chi connectivity index (χ4n) is 5.13. The molecular weight excluding hydrogens is 354 g/mol. The van der Waals surface area contributed by atoms with Crippen molar-refractivity contribution in [1.29, 1.82) is 0 Å². The number of carbonyl (C=O) groups excluding carboxylic acids is 2. The van der Waals surface area contributed by atoms with Crippen LogP contribution in [-0.2, 0) is 19.6 Å². The van der Waals surface area contributed by atoms with E-state index in [-0.39, 0.29) is 22.9 Å². The number of likely N-dealkylation sites (N-methyl/N-ethyl adjacent to an activating group) is 1. The number of Topliss-reactive ketones (excluding diaryl/α,β-unsaturated/α-hetero) is 1. The first kappa shape index (κ1) is 19.8. The molecule has 0 spiro atoms. The second kappa shape index (κ2) is 6.87. The topological polar surface area (TPSA) is 86.8 Å². The van der Waals surface area contributed by atoms with Gasteiger partial charge in [-0.1, -0.05) is 13.8 Å². The summed E-state index contributed by atoms with van der Waals surface area (Å²) < 4.78 is 27.6. The molecule has 2 aliphatic carbocycles. The fourth-order valence-corrected chi connectivity index (χ4v) is 7.34. The van der Waals surface area contributed by atoms with Crippen molar-refractivity contribution >= 4 is 21.7 Å². The smallest absolute Gasteiger partial charge is 0.234 e. The lowest BCUT2D eigenvalue weighted by Gasteiger charge is -2.39. The number of piperazine rings is 1. The van der Waals surface area contributed by atoms with Crippen LogP contribution in [0.2, 0.25) is 0 Å². The molecule has 0 radical (unpaired) electrons. The Morgan fingerprint density at radius 2 is 1.88 bits per heavy atom. The van der Waals surface area contributed by atoms with Gasteiger partial charge in [0, 0.05) is 44.6 Å². The average Bonchev–Trinajstić information content (AvgIpc) is 2.89. The van der Waals surface area contributed by atoms with E-state index in [4.69, 9.17) is 0 Å². The highest BCUT2D eigenvalue weighted by molar-refractivity contribution is 7.89. The fraction of sp³-hybridized carbons (Fsp3) is 0.889. The lowest BCUT2D eigenvalue weighted by Crippen LogP contribution is -2.54. The molecule has 1 heterocycles. The second-order valence-corrected chi connectivity index (χ2v) is 10.5. The summed E-state index contributed by atoms with van der Waals surface area (Å²) in [7, 11) is -3.49. The molecule has 2 saturated carbocycles. The van der Waals surface area contributed by atoms with Gasteiger partial charge in [-0.15, -0.1) is 0 Å². The van der Waals surface area contributed by atoms with Crippen molar-refractivity contribution in [1.82, 2.24) is 14.5 Å². The van der Waals surface area contributed by atoms with Crippen molar-refractivity contribution in [2.75, 3.05) is 45.0 Å². The molecule has 3 rings (SSSR count). The Labute approximate surface area is 156 Å². The van der Waals surface area contributed by atoms with Crippen molar-refractivity contribution in [3.05, 3.63) is 0 Å². The molecule has 3 fully saturated rings. The SMILES string of the molecule is CCNC(=O)CN1CCN(S(=O)(=O)C[C@@]23CC[C@@H](CC2=O)C3(C)C)CC1. The summed E-state index contributed by atoms with van der Waals surface area (Å²) in [6, 6.07) is 0. The van der Waals surface area contributed by atoms with Crippen molar-refractivity contribution in [2.45, 2.75) is 40.0 Å². The zero-order valence-corrected chi connectivity index (χ0v) is 16.9. The molecule has 0 aromatic carbocycles. The third kappa shape index (κ3) is 3.20. The molecule has 1 saturated heterocycles. The highest BCUT2D eigenvalue weighted by Gasteiger charge is 2.65. The lowest BCUT2D eigenvalue weighted by molar-refractivity contribution is -0.128. The van der Waals surface area contributed by atoms with E-state index in [0.717, 1.165) is 6.42 Å². The van der Waals surface area contributed by atoms with Crippen LogP contribution < -0.4 is 5.32 Å². The normalized spacial score (nSPS) is 32.1. The largest absolute Gasteiger partial charge is 0.355 e. The van der Waals surface area contributed by atoms with Gasteiger partial charge in [-0.3, -0.25) is 14.5 Å². The number of hydrogen-bond donors (Lipinski definition) is 1. The van der Waals surface area contributed by atoms with Gasteiger partial charge >= 0.3 is 0 Å². The predicted octanol–water partition coefficient (Wildman–Crippen LogP) is 0.465. The summed E-state index contributed by atoms with van der Waals surface area (Å²) >= 11 is 0. The van der Waals surface area contributed by atoms with Crippen LogP contribution in [0, 0.1) is 16.7 Å². The van der Waals surface area contributed by atoms with E-state index in [2.05, 4.69) is 19.2 Å². The highest BCUT2D eigenvalue weighted by atomic mass is 32.2. The van der Waals surface area contributed by atoms with Crippen molar-refractivity contribution < 1.29 is 18.0 Å². The molecule has 8 heteroatoms. The molecule has 148 valence electrons. The number of rotatable bonds is 6. The van der Waals surface area contributed by atoms with Gasteiger partial charge in [0.15, 0.2) is 0 Å². The van der Waals surface area contributed by atoms with E-state index in [1.54, 1.807) is 0 Å². The average molecular weight is 386 g/mol. The summed E-state index contributed by atoms with van der Waals surface area (Å²) in [5.74, 6) is 0.368. The Kier molecular flexibility index (Phi) is 5.22. The predicted molar refractivity (Wildman–Crippen MR) is 99.0 cm³/mol. The van der Waals surface area contributed by atoms with Crippen LogP contribution in [0.1, 0.15) is 40.0 Å². The maximum Gasteiger partial charge on any atom is 0.234 e. The van der Waals surface area contributed by atoms with Gasteiger partial charge in [0.05, 0.1) is 12.3 Å². The van der Waals surface area contributed by atoms with Crippen molar-refractivity contribution in [3.63, 3.8) is 0 Å². The van der Waals surface area contributed by atoms with Crippen LogP contribution >= 0.6 is 0 Å². The number of hydrogen-bond acceptors (Lipinski definition) is 5. The first-order valence-corrected chi connectivity index (χ1v) is 11.2. The van der Waals surface area contributed by atoms with Crippen LogP contribution in [0.15, 0.2) is 0 Å². The quantitative estimate of drug-likeness (QED) is 0.718. The standard InChI is InChI=1S/C18H31N3O4S/c1-4-19-16(23)12-20-7-9-21(10-8-20)26(24,25)13-18-6-5-14(11-15(18)22)17(18,2)3/h14H,4-13H2,1-3H3,(H,19,23)/t14-,18-/m0/s1. The molecular formula is C18H31N3O4S. The Balaban J connectivity index is 1.64. The molecule has 1 amide bonds. The zero-order valence-electron chi connectivity index (χ0n) is 16.1. The third-order valence-corrected chi connectivity index (χ3v) is 9.04.